The molecule has 1 aromatic heterocycles. The lowest BCUT2D eigenvalue weighted by atomic mass is 9.87. The maximum absolute atomic E-state index is 12.6. The monoisotopic (exact) mass is 469 g/mol. The van der Waals surface area contributed by atoms with E-state index in [9.17, 15) is 40.5 Å². The van der Waals surface area contributed by atoms with E-state index in [-0.39, 0.29) is 6.42 Å². The number of carbonyl (C=O) groups is 1. The second-order valence-electron chi connectivity index (χ2n) is 8.33. The number of cyclic esters (lactones) is 1. The molecule has 12 heteroatoms. The fourth-order valence-electron chi connectivity index (χ4n) is 4.28. The van der Waals surface area contributed by atoms with Crippen molar-refractivity contribution in [3.05, 3.63) is 36.0 Å². The number of aliphatic hydroxyl groups is 7. The zero-order valence-corrected chi connectivity index (χ0v) is 17.4. The molecule has 0 spiro atoms. The predicted octanol–water partition coefficient (Wildman–Crippen LogP) is -3.09. The number of aromatic amines is 1. The molecule has 0 radical (unpaired) electrons. The number of fused-ring (bicyclic) bond motifs is 1. The summed E-state index contributed by atoms with van der Waals surface area (Å²) in [5, 5.41) is 71.6. The number of aliphatic hydroxyl groups excluding tert-OH is 6. The number of carbonyl (C=O) groups excluding carboxylic acids is 1. The van der Waals surface area contributed by atoms with Crippen LogP contribution < -0.4 is 0 Å². The summed E-state index contributed by atoms with van der Waals surface area (Å²) in [5.74, 6) is -1.12. The van der Waals surface area contributed by atoms with Crippen molar-refractivity contribution >= 4 is 16.9 Å². The number of hydrogen-bond donors (Lipinski definition) is 8. The summed E-state index contributed by atoms with van der Waals surface area (Å²) in [4.78, 5) is 15.6. The summed E-state index contributed by atoms with van der Waals surface area (Å²) in [6.45, 7) is -1.51. The van der Waals surface area contributed by atoms with Crippen molar-refractivity contribution in [2.75, 3.05) is 13.2 Å². The van der Waals surface area contributed by atoms with Crippen molar-refractivity contribution in [2.45, 2.75) is 61.0 Å². The van der Waals surface area contributed by atoms with Crippen molar-refractivity contribution in [1.82, 2.24) is 4.98 Å². The van der Waals surface area contributed by atoms with E-state index in [2.05, 4.69) is 4.98 Å². The highest BCUT2D eigenvalue weighted by atomic mass is 16.7. The van der Waals surface area contributed by atoms with Crippen molar-refractivity contribution in [3.63, 3.8) is 0 Å². The summed E-state index contributed by atoms with van der Waals surface area (Å²) in [6, 6.07) is 7.19. The topological polar surface area (TPSA) is 202 Å². The predicted molar refractivity (Wildman–Crippen MR) is 109 cm³/mol. The van der Waals surface area contributed by atoms with Gasteiger partial charge in [0.15, 0.2) is 18.0 Å². The highest BCUT2D eigenvalue weighted by molar-refractivity contribution is 5.87. The van der Waals surface area contributed by atoms with Crippen molar-refractivity contribution in [2.24, 2.45) is 0 Å². The molecular weight excluding hydrogens is 442 g/mol. The van der Waals surface area contributed by atoms with E-state index in [1.54, 1.807) is 18.3 Å². The molecule has 9 unspecified atom stereocenters. The van der Waals surface area contributed by atoms with E-state index in [4.69, 9.17) is 14.2 Å². The molecule has 33 heavy (non-hydrogen) atoms. The van der Waals surface area contributed by atoms with Gasteiger partial charge in [-0.15, -0.1) is 0 Å². The minimum absolute atomic E-state index is 0.286. The van der Waals surface area contributed by atoms with Crippen LogP contribution in [-0.4, -0.2) is 115 Å². The normalized spacial score (nSPS) is 37.9. The molecule has 182 valence electrons. The number of rotatable bonds is 7. The molecule has 2 aromatic rings. The van der Waals surface area contributed by atoms with Crippen LogP contribution in [0, 0.1) is 0 Å². The Morgan fingerprint density at radius 1 is 1.09 bits per heavy atom. The van der Waals surface area contributed by atoms with Crippen LogP contribution in [0.15, 0.2) is 30.5 Å². The Morgan fingerprint density at radius 3 is 2.52 bits per heavy atom. The highest BCUT2D eigenvalue weighted by Gasteiger charge is 2.59. The van der Waals surface area contributed by atoms with Gasteiger partial charge in [-0.3, -0.25) is 0 Å². The third-order valence-corrected chi connectivity index (χ3v) is 6.24. The Balaban J connectivity index is 1.52. The molecule has 2 saturated heterocycles. The maximum Gasteiger partial charge on any atom is 0.341 e. The first-order valence-electron chi connectivity index (χ1n) is 10.4. The molecule has 1 aromatic carbocycles. The van der Waals surface area contributed by atoms with E-state index in [0.29, 0.717) is 5.56 Å². The van der Waals surface area contributed by atoms with E-state index in [0.717, 1.165) is 10.9 Å². The number of hydrogen-bond acceptors (Lipinski definition) is 11. The van der Waals surface area contributed by atoms with Crippen LogP contribution in [0.25, 0.3) is 10.9 Å². The lowest BCUT2D eigenvalue weighted by molar-refractivity contribution is -0.320. The number of para-hydroxylation sites is 1. The molecule has 0 bridgehead atoms. The Kier molecular flexibility index (Phi) is 6.73. The molecule has 2 aliphatic heterocycles. The SMILES string of the molecule is O=C1OC(C(CO)OC2OC(CO)C(O)C(O)C2O)C(O)C1(O)Cc1c[nH]c2ccccc12. The first-order chi connectivity index (χ1) is 15.7. The van der Waals surface area contributed by atoms with Crippen LogP contribution in [-0.2, 0) is 25.4 Å². The van der Waals surface area contributed by atoms with E-state index < -0.39 is 73.8 Å². The first-order valence-corrected chi connectivity index (χ1v) is 10.4. The molecule has 2 fully saturated rings. The summed E-state index contributed by atoms with van der Waals surface area (Å²) in [5.41, 5.74) is -1.02. The summed E-state index contributed by atoms with van der Waals surface area (Å²) >= 11 is 0. The van der Waals surface area contributed by atoms with Gasteiger partial charge in [-0.2, -0.15) is 0 Å². The van der Waals surface area contributed by atoms with Gasteiger partial charge in [-0.05, 0) is 11.6 Å². The number of benzene rings is 1. The maximum atomic E-state index is 12.6. The number of H-pyrrole nitrogens is 1. The van der Waals surface area contributed by atoms with Crippen LogP contribution in [0.2, 0.25) is 0 Å². The average molecular weight is 469 g/mol. The first kappa shape index (κ1) is 24.0. The average Bonchev–Trinajstić information content (AvgIpc) is 3.31. The molecule has 0 amide bonds. The minimum atomic E-state index is -2.35. The van der Waals surface area contributed by atoms with Gasteiger partial charge in [-0.25, -0.2) is 4.79 Å². The molecule has 8 N–H and O–H groups in total. The fraction of sp³-hybridized carbons (Fsp3) is 0.571. The van der Waals surface area contributed by atoms with Gasteiger partial charge in [0.25, 0.3) is 0 Å². The molecule has 9 atom stereocenters. The third kappa shape index (κ3) is 4.14. The smallest absolute Gasteiger partial charge is 0.341 e. The summed E-state index contributed by atoms with van der Waals surface area (Å²) in [6.07, 6.45) is -11.5. The van der Waals surface area contributed by atoms with Gasteiger partial charge in [0, 0.05) is 23.5 Å². The standard InChI is InChI=1S/C21H27NO11/c23-7-12-14(25)15(26)16(27)19(31-12)32-13(8-24)17-18(28)21(30,20(29)33-17)5-9-6-22-11-4-2-1-3-10(9)11/h1-4,6,12-19,22-28,30H,5,7-8H2. The second kappa shape index (κ2) is 9.25. The van der Waals surface area contributed by atoms with Crippen molar-refractivity contribution < 1.29 is 54.8 Å². The lowest BCUT2D eigenvalue weighted by Crippen LogP contribution is -2.61. The van der Waals surface area contributed by atoms with Gasteiger partial charge in [-0.1, -0.05) is 18.2 Å². The highest BCUT2D eigenvalue weighted by Crippen LogP contribution is 2.35. The number of nitrogens with one attached hydrogen (secondary N) is 1. The summed E-state index contributed by atoms with van der Waals surface area (Å²) < 4.78 is 15.8. The third-order valence-electron chi connectivity index (χ3n) is 6.24. The second-order valence-corrected chi connectivity index (χ2v) is 8.33. The Labute approximate surface area is 187 Å². The van der Waals surface area contributed by atoms with E-state index in [1.165, 1.54) is 0 Å². The van der Waals surface area contributed by atoms with Crippen molar-refractivity contribution in [1.29, 1.82) is 0 Å². The van der Waals surface area contributed by atoms with Crippen LogP contribution in [0.4, 0.5) is 0 Å². The quantitative estimate of drug-likeness (QED) is 0.191. The lowest BCUT2D eigenvalue weighted by Gasteiger charge is -2.41. The minimum Gasteiger partial charge on any atom is -0.454 e. The molecule has 4 rings (SSSR count). The largest absolute Gasteiger partial charge is 0.454 e. The van der Waals surface area contributed by atoms with E-state index in [1.807, 2.05) is 12.1 Å². The Hall–Kier alpha value is -2.13. The van der Waals surface area contributed by atoms with Gasteiger partial charge >= 0.3 is 5.97 Å². The number of ether oxygens (including phenoxy) is 3. The number of aromatic nitrogens is 1. The van der Waals surface area contributed by atoms with Gasteiger partial charge in [0.05, 0.1) is 13.2 Å². The van der Waals surface area contributed by atoms with Gasteiger partial charge in [0.1, 0.15) is 36.6 Å². The summed E-state index contributed by atoms with van der Waals surface area (Å²) in [7, 11) is 0. The van der Waals surface area contributed by atoms with Crippen LogP contribution in [0.5, 0.6) is 0 Å². The van der Waals surface area contributed by atoms with Gasteiger partial charge in [0.2, 0.25) is 0 Å². The number of esters is 1. The van der Waals surface area contributed by atoms with Crippen LogP contribution in [0.3, 0.4) is 0 Å². The Morgan fingerprint density at radius 2 is 1.82 bits per heavy atom. The fourth-order valence-corrected chi connectivity index (χ4v) is 4.28. The molecule has 12 nitrogen and oxygen atoms in total. The molecular formula is C21H27NO11. The van der Waals surface area contributed by atoms with Crippen LogP contribution in [0.1, 0.15) is 5.56 Å². The van der Waals surface area contributed by atoms with Gasteiger partial charge < -0.3 is 54.9 Å². The zero-order chi connectivity index (χ0) is 23.9. The van der Waals surface area contributed by atoms with E-state index >= 15 is 0 Å². The Bertz CT molecular complexity index is 980. The molecule has 0 aliphatic carbocycles. The molecule has 0 saturated carbocycles. The molecule has 2 aliphatic rings. The van der Waals surface area contributed by atoms with Crippen LogP contribution >= 0.6 is 0 Å². The molecule has 3 heterocycles. The zero-order valence-electron chi connectivity index (χ0n) is 17.4. The van der Waals surface area contributed by atoms with Crippen molar-refractivity contribution in [3.8, 4) is 0 Å².